The number of methoxy groups -OCH3 is 3. The zero-order valence-corrected chi connectivity index (χ0v) is 24.8. The Morgan fingerprint density at radius 3 is 2.43 bits per heavy atom. The lowest BCUT2D eigenvalue weighted by molar-refractivity contribution is 0.0745. The summed E-state index contributed by atoms with van der Waals surface area (Å²) in [5, 5.41) is 18.6. The van der Waals surface area contributed by atoms with Gasteiger partial charge in [-0.05, 0) is 66.4 Å². The lowest BCUT2D eigenvalue weighted by Crippen LogP contribution is -2.31. The minimum absolute atomic E-state index is 0.0147. The highest BCUT2D eigenvalue weighted by Gasteiger charge is 2.42. The summed E-state index contributed by atoms with van der Waals surface area (Å²) in [5.74, 6) is 2.28. The Bertz CT molecular complexity index is 1590. The van der Waals surface area contributed by atoms with Crippen LogP contribution in [0.15, 0.2) is 54.6 Å². The Morgan fingerprint density at radius 1 is 0.952 bits per heavy atom. The highest BCUT2D eigenvalue weighted by Crippen LogP contribution is 2.46. The summed E-state index contributed by atoms with van der Waals surface area (Å²) >= 11 is 6.29. The molecule has 1 aliphatic rings. The number of hydrogen-bond acceptors (Lipinski definition) is 7. The summed E-state index contributed by atoms with van der Waals surface area (Å²) in [5.41, 5.74) is 3.72. The van der Waals surface area contributed by atoms with Crippen molar-refractivity contribution in [1.82, 2.24) is 15.1 Å². The quantitative estimate of drug-likeness (QED) is 0.183. The fourth-order valence-electron chi connectivity index (χ4n) is 5.26. The van der Waals surface area contributed by atoms with Crippen molar-refractivity contribution in [3.8, 4) is 40.0 Å². The van der Waals surface area contributed by atoms with Crippen LogP contribution in [0.2, 0.25) is 5.02 Å². The molecular weight excluding hydrogens is 558 g/mol. The molecular formula is C32H34ClN3O6. The molecule has 9 nitrogen and oxygen atoms in total. The third-order valence-corrected chi connectivity index (χ3v) is 7.66. The molecule has 0 fully saturated rings. The van der Waals surface area contributed by atoms with Gasteiger partial charge in [0.1, 0.15) is 17.1 Å². The first-order valence-corrected chi connectivity index (χ1v) is 14.2. The maximum absolute atomic E-state index is 13.9. The second kappa shape index (κ2) is 12.7. The minimum atomic E-state index is -0.515. The molecule has 3 aromatic carbocycles. The van der Waals surface area contributed by atoms with Gasteiger partial charge in [0.2, 0.25) is 0 Å². The monoisotopic (exact) mass is 591 g/mol. The number of aromatic amines is 1. The number of carbonyl (C=O) groups excluding carboxylic acids is 1. The highest BCUT2D eigenvalue weighted by molar-refractivity contribution is 6.31. The number of amides is 1. The van der Waals surface area contributed by atoms with E-state index < -0.39 is 6.04 Å². The van der Waals surface area contributed by atoms with Crippen LogP contribution in [-0.4, -0.2) is 60.6 Å². The Kier molecular flexibility index (Phi) is 8.77. The lowest BCUT2D eigenvalue weighted by atomic mass is 9.95. The zero-order chi connectivity index (χ0) is 29.8. The third-order valence-electron chi connectivity index (χ3n) is 7.43. The van der Waals surface area contributed by atoms with E-state index in [1.165, 1.54) is 6.07 Å². The van der Waals surface area contributed by atoms with Crippen molar-refractivity contribution in [2.24, 2.45) is 0 Å². The summed E-state index contributed by atoms with van der Waals surface area (Å²) in [7, 11) is 4.78. The van der Waals surface area contributed by atoms with Gasteiger partial charge in [-0.3, -0.25) is 9.89 Å². The van der Waals surface area contributed by atoms with E-state index in [1.807, 2.05) is 36.4 Å². The third kappa shape index (κ3) is 5.56. The van der Waals surface area contributed by atoms with Crippen LogP contribution in [-0.2, 0) is 6.42 Å². The van der Waals surface area contributed by atoms with Crippen molar-refractivity contribution < 1.29 is 28.8 Å². The number of benzene rings is 3. The molecule has 42 heavy (non-hydrogen) atoms. The first-order valence-electron chi connectivity index (χ1n) is 13.8. The molecule has 2 N–H and O–H groups in total. The number of unbranched alkanes of at least 4 members (excludes halogenated alkanes) is 1. The standard InChI is InChI=1S/C32H34ClN3O6/c1-5-6-15-42-25-12-8-20(17-27(25)41-4)31-28-29(22-18-21(33)9-10-23(22)37)34-35-30(28)32(38)36(31)14-13-19-7-11-24(39-2)26(16-19)40-3/h7-12,16-18,31,37H,5-6,13-15H2,1-4H3,(H,34,35). The van der Waals surface area contributed by atoms with E-state index in [9.17, 15) is 9.90 Å². The molecule has 0 saturated heterocycles. The fourth-order valence-corrected chi connectivity index (χ4v) is 5.43. The van der Waals surface area contributed by atoms with Gasteiger partial charge in [0.15, 0.2) is 23.0 Å². The van der Waals surface area contributed by atoms with E-state index >= 15 is 0 Å². The van der Waals surface area contributed by atoms with E-state index in [4.69, 9.17) is 30.5 Å². The number of phenols is 1. The first-order chi connectivity index (χ1) is 20.4. The normalized spacial score (nSPS) is 14.2. The number of halogens is 1. The molecule has 4 aromatic rings. The number of carbonyl (C=O) groups is 1. The molecule has 0 spiro atoms. The van der Waals surface area contributed by atoms with Gasteiger partial charge in [-0.2, -0.15) is 5.10 Å². The van der Waals surface area contributed by atoms with Crippen LogP contribution in [0.3, 0.4) is 0 Å². The second-order valence-corrected chi connectivity index (χ2v) is 10.4. The molecule has 2 heterocycles. The van der Waals surface area contributed by atoms with Crippen molar-refractivity contribution in [2.45, 2.75) is 32.2 Å². The maximum atomic E-state index is 13.9. The van der Waals surface area contributed by atoms with Gasteiger partial charge in [0, 0.05) is 22.7 Å². The van der Waals surface area contributed by atoms with Crippen LogP contribution in [0.1, 0.15) is 53.0 Å². The number of nitrogens with one attached hydrogen (secondary N) is 1. The molecule has 1 amide bonds. The summed E-state index contributed by atoms with van der Waals surface area (Å²) in [6, 6.07) is 15.7. The summed E-state index contributed by atoms with van der Waals surface area (Å²) in [6.07, 6.45) is 2.51. The van der Waals surface area contributed by atoms with Gasteiger partial charge in [0.25, 0.3) is 5.91 Å². The Labute approximate surface area is 249 Å². The SMILES string of the molecule is CCCCOc1ccc(C2c3c(-c4cc(Cl)ccc4O)n[nH]c3C(=O)N2CCc2ccc(OC)c(OC)c2)cc1OC. The maximum Gasteiger partial charge on any atom is 0.273 e. The number of rotatable bonds is 12. The van der Waals surface area contributed by atoms with Gasteiger partial charge >= 0.3 is 0 Å². The van der Waals surface area contributed by atoms with Crippen LogP contribution < -0.4 is 18.9 Å². The van der Waals surface area contributed by atoms with Gasteiger partial charge < -0.3 is 29.0 Å². The number of aromatic nitrogens is 2. The van der Waals surface area contributed by atoms with Crippen LogP contribution in [0, 0.1) is 0 Å². The average Bonchev–Trinajstić information content (AvgIpc) is 3.55. The van der Waals surface area contributed by atoms with Gasteiger partial charge in [-0.1, -0.05) is 37.1 Å². The summed E-state index contributed by atoms with van der Waals surface area (Å²) < 4.78 is 22.5. The molecule has 1 unspecified atom stereocenters. The smallest absolute Gasteiger partial charge is 0.273 e. The molecule has 0 radical (unpaired) electrons. The van der Waals surface area contributed by atoms with Crippen molar-refractivity contribution in [3.63, 3.8) is 0 Å². The van der Waals surface area contributed by atoms with E-state index in [1.54, 1.807) is 38.4 Å². The fraction of sp³-hybridized carbons (Fsp3) is 0.312. The van der Waals surface area contributed by atoms with Crippen LogP contribution in [0.5, 0.6) is 28.7 Å². The Morgan fingerprint density at radius 2 is 1.69 bits per heavy atom. The molecule has 10 heteroatoms. The molecule has 0 saturated carbocycles. The molecule has 5 rings (SSSR count). The van der Waals surface area contributed by atoms with Gasteiger partial charge in [-0.25, -0.2) is 0 Å². The number of aromatic hydroxyl groups is 1. The molecule has 220 valence electrons. The minimum Gasteiger partial charge on any atom is -0.507 e. The molecule has 0 bridgehead atoms. The molecule has 1 aliphatic heterocycles. The zero-order valence-electron chi connectivity index (χ0n) is 24.1. The van der Waals surface area contributed by atoms with E-state index in [0.29, 0.717) is 70.1 Å². The highest BCUT2D eigenvalue weighted by atomic mass is 35.5. The van der Waals surface area contributed by atoms with Crippen molar-refractivity contribution >= 4 is 17.5 Å². The predicted molar refractivity (Wildman–Crippen MR) is 160 cm³/mol. The Balaban J connectivity index is 1.56. The Hall–Kier alpha value is -4.37. The van der Waals surface area contributed by atoms with Crippen molar-refractivity contribution in [3.05, 3.63) is 82.0 Å². The van der Waals surface area contributed by atoms with Crippen molar-refractivity contribution in [1.29, 1.82) is 0 Å². The van der Waals surface area contributed by atoms with Crippen LogP contribution in [0.25, 0.3) is 11.3 Å². The number of ether oxygens (including phenoxy) is 4. The second-order valence-electron chi connectivity index (χ2n) is 9.98. The van der Waals surface area contributed by atoms with Gasteiger partial charge in [-0.15, -0.1) is 0 Å². The van der Waals surface area contributed by atoms with Gasteiger partial charge in [0.05, 0.1) is 34.0 Å². The molecule has 0 aliphatic carbocycles. The van der Waals surface area contributed by atoms with Crippen LogP contribution >= 0.6 is 11.6 Å². The predicted octanol–water partition coefficient (Wildman–Crippen LogP) is 6.43. The number of fused-ring (bicyclic) bond motifs is 1. The lowest BCUT2D eigenvalue weighted by Gasteiger charge is -2.27. The summed E-state index contributed by atoms with van der Waals surface area (Å²) in [4.78, 5) is 15.7. The average molecular weight is 592 g/mol. The summed E-state index contributed by atoms with van der Waals surface area (Å²) in [6.45, 7) is 3.09. The van der Waals surface area contributed by atoms with E-state index in [2.05, 4.69) is 17.1 Å². The van der Waals surface area contributed by atoms with Crippen LogP contribution in [0.4, 0.5) is 0 Å². The first kappa shape index (κ1) is 29.1. The topological polar surface area (TPSA) is 106 Å². The number of nitrogens with zero attached hydrogens (tertiary/aromatic N) is 2. The number of H-pyrrole nitrogens is 1. The van der Waals surface area contributed by atoms with E-state index in [-0.39, 0.29) is 11.7 Å². The number of phenolic OH excluding ortho intramolecular Hbond substituents is 1. The molecule has 1 atom stereocenters. The van der Waals surface area contributed by atoms with Crippen molar-refractivity contribution in [2.75, 3.05) is 34.5 Å². The molecule has 1 aromatic heterocycles. The largest absolute Gasteiger partial charge is 0.507 e. The number of hydrogen-bond donors (Lipinski definition) is 2. The van der Waals surface area contributed by atoms with E-state index in [0.717, 1.165) is 24.0 Å².